The highest BCUT2D eigenvalue weighted by molar-refractivity contribution is 7.89. The normalized spacial score (nSPS) is 20.1. The lowest BCUT2D eigenvalue weighted by Gasteiger charge is -2.42. The molecule has 8 heteroatoms. The number of amides is 1. The van der Waals surface area contributed by atoms with Crippen LogP contribution in [-0.4, -0.2) is 31.1 Å². The number of hydrogen-bond donors (Lipinski definition) is 3. The second kappa shape index (κ2) is 10.2. The average molecular weight is 535 g/mol. The summed E-state index contributed by atoms with van der Waals surface area (Å²) in [5.74, 6) is 0.117. The molecule has 3 aromatic rings. The third kappa shape index (κ3) is 5.08. The number of carbonyl (C=O) groups is 1. The first-order valence-electron chi connectivity index (χ1n) is 13.1. The minimum atomic E-state index is -3.97. The molecule has 2 aliphatic rings. The molecule has 0 aromatic heterocycles. The van der Waals surface area contributed by atoms with Gasteiger partial charge in [0.1, 0.15) is 17.5 Å². The fraction of sp³-hybridized carbons (Fsp3) is 0.367. The summed E-state index contributed by atoms with van der Waals surface area (Å²) in [5.41, 5.74) is 3.97. The molecule has 0 saturated heterocycles. The molecular weight excluding hydrogens is 500 g/mol. The van der Waals surface area contributed by atoms with E-state index in [1.54, 1.807) is 56.3 Å². The maximum atomic E-state index is 13.3. The number of fused-ring (bicyclic) bond motifs is 2. The Morgan fingerprint density at radius 3 is 2.53 bits per heavy atom. The van der Waals surface area contributed by atoms with Crippen LogP contribution in [0.1, 0.15) is 72.3 Å². The van der Waals surface area contributed by atoms with Crippen LogP contribution in [-0.2, 0) is 29.3 Å². The zero-order valence-electron chi connectivity index (χ0n) is 22.0. The van der Waals surface area contributed by atoms with E-state index in [0.717, 1.165) is 43.4 Å². The van der Waals surface area contributed by atoms with Crippen LogP contribution in [0.4, 0.5) is 5.69 Å². The van der Waals surface area contributed by atoms with E-state index in [1.165, 1.54) is 11.1 Å². The van der Waals surface area contributed by atoms with Crippen LogP contribution in [0.3, 0.4) is 0 Å². The van der Waals surface area contributed by atoms with Gasteiger partial charge in [0, 0.05) is 16.8 Å². The fourth-order valence-electron chi connectivity index (χ4n) is 5.30. The van der Waals surface area contributed by atoms with Crippen molar-refractivity contribution in [3.63, 3.8) is 0 Å². The Kier molecular flexibility index (Phi) is 7.07. The number of anilines is 1. The highest BCUT2D eigenvalue weighted by Crippen LogP contribution is 2.41. The minimum absolute atomic E-state index is 0.107. The number of aliphatic hydroxyl groups is 1. The topological polar surface area (TPSA) is 105 Å². The number of benzene rings is 3. The van der Waals surface area contributed by atoms with Crippen molar-refractivity contribution in [2.24, 2.45) is 0 Å². The average Bonchev–Trinajstić information content (AvgIpc) is 2.91. The first-order valence-corrected chi connectivity index (χ1v) is 14.6. The molecule has 38 heavy (non-hydrogen) atoms. The van der Waals surface area contributed by atoms with Crippen molar-refractivity contribution >= 4 is 21.6 Å². The van der Waals surface area contributed by atoms with Crippen molar-refractivity contribution in [2.75, 3.05) is 5.32 Å². The summed E-state index contributed by atoms with van der Waals surface area (Å²) in [5, 5.41) is 14.2. The van der Waals surface area contributed by atoms with Crippen LogP contribution in [0.25, 0.3) is 0 Å². The second-order valence-corrected chi connectivity index (χ2v) is 12.3. The van der Waals surface area contributed by atoms with E-state index >= 15 is 0 Å². The quantitative estimate of drug-likeness (QED) is 0.416. The molecule has 0 bridgehead atoms. The van der Waals surface area contributed by atoms with Gasteiger partial charge in [0.2, 0.25) is 10.0 Å². The number of nitrogens with one attached hydrogen (secondary N) is 2. The van der Waals surface area contributed by atoms with Crippen LogP contribution < -0.4 is 14.8 Å². The summed E-state index contributed by atoms with van der Waals surface area (Å²) >= 11 is 0. The van der Waals surface area contributed by atoms with Gasteiger partial charge in [-0.2, -0.15) is 0 Å². The Morgan fingerprint density at radius 2 is 1.79 bits per heavy atom. The minimum Gasteiger partial charge on any atom is -0.485 e. The number of hydrogen-bond acceptors (Lipinski definition) is 5. The van der Waals surface area contributed by atoms with Gasteiger partial charge >= 0.3 is 0 Å². The van der Waals surface area contributed by atoms with Gasteiger partial charge in [-0.1, -0.05) is 31.2 Å². The molecule has 7 nitrogen and oxygen atoms in total. The monoisotopic (exact) mass is 534 g/mol. The smallest absolute Gasteiger partial charge is 0.255 e. The number of aryl methyl sites for hydroxylation is 2. The zero-order valence-corrected chi connectivity index (χ0v) is 22.8. The summed E-state index contributed by atoms with van der Waals surface area (Å²) < 4.78 is 35.3. The third-order valence-electron chi connectivity index (χ3n) is 7.58. The van der Waals surface area contributed by atoms with Gasteiger partial charge in [0.15, 0.2) is 0 Å². The lowest BCUT2D eigenvalue weighted by atomic mass is 9.86. The fourth-order valence-corrected chi connectivity index (χ4v) is 6.52. The Bertz CT molecular complexity index is 1460. The molecule has 0 unspecified atom stereocenters. The van der Waals surface area contributed by atoms with E-state index in [2.05, 4.69) is 16.1 Å². The van der Waals surface area contributed by atoms with Crippen LogP contribution in [0.15, 0.2) is 65.6 Å². The standard InChI is InChI=1S/C30H34N2O5S/c1-4-19-12-15-22(16-13-19)38(35,36)32-27-24-18-21(14-17-26(24)37-30(2,3)28(27)33)29(34)31-25-11-7-9-20-8-5-6-10-23(20)25/h7,9,11-18,27-28,32-33H,4-6,8,10H2,1-3H3,(H,31,34)/t27-,28+/m1/s1. The third-order valence-corrected chi connectivity index (χ3v) is 9.03. The molecule has 1 heterocycles. The predicted octanol–water partition coefficient (Wildman–Crippen LogP) is 4.93. The first kappa shape index (κ1) is 26.4. The van der Waals surface area contributed by atoms with E-state index in [1.807, 2.05) is 19.1 Å². The Morgan fingerprint density at radius 1 is 1.05 bits per heavy atom. The van der Waals surface area contributed by atoms with Crippen molar-refractivity contribution < 1.29 is 23.1 Å². The highest BCUT2D eigenvalue weighted by Gasteiger charge is 2.45. The molecule has 0 radical (unpaired) electrons. The Labute approximate surface area is 224 Å². The van der Waals surface area contributed by atoms with Gasteiger partial charge in [-0.15, -0.1) is 0 Å². The first-order chi connectivity index (χ1) is 18.1. The van der Waals surface area contributed by atoms with Gasteiger partial charge < -0.3 is 15.2 Å². The van der Waals surface area contributed by atoms with Crippen LogP contribution in [0, 0.1) is 0 Å². The predicted molar refractivity (Wildman–Crippen MR) is 147 cm³/mol. The van der Waals surface area contributed by atoms with Gasteiger partial charge in [-0.25, -0.2) is 13.1 Å². The second-order valence-electron chi connectivity index (χ2n) is 10.6. The van der Waals surface area contributed by atoms with Crippen LogP contribution in [0.2, 0.25) is 0 Å². The Balaban J connectivity index is 1.46. The SMILES string of the molecule is CCc1ccc(S(=O)(=O)N[C@@H]2c3cc(C(=O)Nc4cccc5c4CCCC5)ccc3OC(C)(C)[C@H]2O)cc1. The summed E-state index contributed by atoms with van der Waals surface area (Å²) in [6, 6.07) is 16.6. The molecule has 3 aromatic carbocycles. The van der Waals surface area contributed by atoms with Gasteiger partial charge in [0.05, 0.1) is 10.9 Å². The molecule has 1 amide bonds. The van der Waals surface area contributed by atoms with Gasteiger partial charge in [-0.05, 0) is 99.0 Å². The lowest BCUT2D eigenvalue weighted by molar-refractivity contribution is -0.0603. The summed E-state index contributed by atoms with van der Waals surface area (Å²) in [7, 11) is -3.97. The summed E-state index contributed by atoms with van der Waals surface area (Å²) in [4.78, 5) is 13.4. The van der Waals surface area contributed by atoms with E-state index < -0.39 is 27.8 Å². The van der Waals surface area contributed by atoms with Gasteiger partial charge in [-0.3, -0.25) is 4.79 Å². The Hall–Kier alpha value is -3.20. The van der Waals surface area contributed by atoms with Crippen molar-refractivity contribution in [3.8, 4) is 5.75 Å². The van der Waals surface area contributed by atoms with Crippen molar-refractivity contribution in [1.29, 1.82) is 0 Å². The molecule has 200 valence electrons. The number of carbonyl (C=O) groups excluding carboxylic acids is 1. The molecule has 0 spiro atoms. The molecule has 5 rings (SSSR count). The summed E-state index contributed by atoms with van der Waals surface area (Å²) in [6.45, 7) is 5.41. The molecule has 3 N–H and O–H groups in total. The molecule has 0 saturated carbocycles. The maximum Gasteiger partial charge on any atom is 0.255 e. The maximum absolute atomic E-state index is 13.3. The van der Waals surface area contributed by atoms with Crippen LogP contribution >= 0.6 is 0 Å². The van der Waals surface area contributed by atoms with E-state index in [-0.39, 0.29) is 10.8 Å². The molecule has 0 fully saturated rings. The highest BCUT2D eigenvalue weighted by atomic mass is 32.2. The lowest BCUT2D eigenvalue weighted by Crippen LogP contribution is -2.53. The van der Waals surface area contributed by atoms with Crippen molar-refractivity contribution in [1.82, 2.24) is 4.72 Å². The van der Waals surface area contributed by atoms with Crippen molar-refractivity contribution in [2.45, 2.75) is 75.5 Å². The number of sulfonamides is 1. The summed E-state index contributed by atoms with van der Waals surface area (Å²) in [6.07, 6.45) is 3.77. The van der Waals surface area contributed by atoms with E-state index in [4.69, 9.17) is 4.74 Å². The van der Waals surface area contributed by atoms with E-state index in [9.17, 15) is 18.3 Å². The molecule has 1 aliphatic carbocycles. The number of rotatable bonds is 6. The number of ether oxygens (including phenoxy) is 1. The largest absolute Gasteiger partial charge is 0.485 e. The van der Waals surface area contributed by atoms with E-state index in [0.29, 0.717) is 16.9 Å². The zero-order chi connectivity index (χ0) is 27.1. The molecule has 2 atom stereocenters. The molecular formula is C30H34N2O5S. The van der Waals surface area contributed by atoms with Crippen LogP contribution in [0.5, 0.6) is 5.75 Å². The molecule has 1 aliphatic heterocycles. The van der Waals surface area contributed by atoms with Crippen molar-refractivity contribution in [3.05, 3.63) is 88.5 Å². The van der Waals surface area contributed by atoms with Gasteiger partial charge in [0.25, 0.3) is 5.91 Å². The number of aliphatic hydroxyl groups excluding tert-OH is 1.